The van der Waals surface area contributed by atoms with Crippen LogP contribution in [0.15, 0.2) is 84.9 Å². The largest absolute Gasteiger partial charge is 0.425 e. The zero-order chi connectivity index (χ0) is 30.3. The van der Waals surface area contributed by atoms with Gasteiger partial charge in [0.15, 0.2) is 6.10 Å². The SMILES string of the molecule is Cc1ccccc1CNC(=O)C1N(C(=O)C(O)C(Cc2ccccc2)NC(=O)OC(Cl)c2ccccc2)CSC1(C)C. The molecule has 0 bridgehead atoms. The number of aliphatic hydroxyl groups excluding tert-OH is 1. The van der Waals surface area contributed by atoms with Gasteiger partial charge in [-0.05, 0) is 43.9 Å². The Labute approximate surface area is 255 Å². The number of aliphatic hydroxyl groups is 1. The third kappa shape index (κ3) is 7.85. The molecule has 4 rings (SSSR count). The van der Waals surface area contributed by atoms with Gasteiger partial charge in [0.2, 0.25) is 11.5 Å². The van der Waals surface area contributed by atoms with Gasteiger partial charge >= 0.3 is 6.09 Å². The zero-order valence-electron chi connectivity index (χ0n) is 23.8. The van der Waals surface area contributed by atoms with Gasteiger partial charge in [0.05, 0.1) is 11.9 Å². The lowest BCUT2D eigenvalue weighted by Crippen LogP contribution is -2.58. The summed E-state index contributed by atoms with van der Waals surface area (Å²) >= 11 is 7.75. The van der Waals surface area contributed by atoms with Crippen molar-refractivity contribution in [1.29, 1.82) is 0 Å². The second kappa shape index (κ2) is 14.1. The number of benzene rings is 3. The van der Waals surface area contributed by atoms with E-state index in [2.05, 4.69) is 10.6 Å². The summed E-state index contributed by atoms with van der Waals surface area (Å²) in [6, 6.07) is 23.9. The number of nitrogens with one attached hydrogen (secondary N) is 2. The van der Waals surface area contributed by atoms with Crippen molar-refractivity contribution in [3.05, 3.63) is 107 Å². The lowest BCUT2D eigenvalue weighted by Gasteiger charge is -2.33. The van der Waals surface area contributed by atoms with Crippen molar-refractivity contribution in [2.45, 2.75) is 62.2 Å². The number of aryl methyl sites for hydroxylation is 1. The van der Waals surface area contributed by atoms with Crippen LogP contribution in [0.25, 0.3) is 0 Å². The fourth-order valence-corrected chi connectivity index (χ4v) is 6.27. The molecular weight excluding hydrogens is 574 g/mol. The molecule has 1 heterocycles. The minimum Gasteiger partial charge on any atom is -0.425 e. The zero-order valence-corrected chi connectivity index (χ0v) is 25.4. The highest BCUT2D eigenvalue weighted by Crippen LogP contribution is 2.40. The van der Waals surface area contributed by atoms with Crippen molar-refractivity contribution in [3.8, 4) is 0 Å². The van der Waals surface area contributed by atoms with Crippen LogP contribution >= 0.6 is 23.4 Å². The molecule has 3 N–H and O–H groups in total. The number of carbonyl (C=O) groups excluding carboxylic acids is 3. The summed E-state index contributed by atoms with van der Waals surface area (Å²) in [5.41, 5.74) is 2.35. The maximum Gasteiger partial charge on any atom is 0.409 e. The normalized spacial score (nSPS) is 18.0. The number of thioether (sulfide) groups is 1. The van der Waals surface area contributed by atoms with Crippen LogP contribution in [-0.2, 0) is 27.3 Å². The van der Waals surface area contributed by atoms with E-state index in [-0.39, 0.29) is 18.2 Å². The Balaban J connectivity index is 1.50. The molecule has 1 aliphatic rings. The van der Waals surface area contributed by atoms with Gasteiger partial charge in [-0.15, -0.1) is 11.8 Å². The van der Waals surface area contributed by atoms with Gasteiger partial charge in [-0.3, -0.25) is 9.59 Å². The highest BCUT2D eigenvalue weighted by Gasteiger charge is 2.49. The fourth-order valence-electron chi connectivity index (χ4n) is 4.90. The Morgan fingerprint density at radius 3 is 2.31 bits per heavy atom. The van der Waals surface area contributed by atoms with Crippen LogP contribution in [0.3, 0.4) is 0 Å². The minimum absolute atomic E-state index is 0.148. The smallest absolute Gasteiger partial charge is 0.409 e. The van der Waals surface area contributed by atoms with Gasteiger partial charge in [0.25, 0.3) is 5.91 Å². The van der Waals surface area contributed by atoms with Crippen molar-refractivity contribution in [2.75, 3.05) is 5.88 Å². The number of hydrogen-bond acceptors (Lipinski definition) is 6. The van der Waals surface area contributed by atoms with Crippen LogP contribution in [0.1, 0.15) is 41.7 Å². The van der Waals surface area contributed by atoms with Crippen molar-refractivity contribution >= 4 is 41.3 Å². The number of halogens is 1. The van der Waals surface area contributed by atoms with Crippen LogP contribution in [0.5, 0.6) is 0 Å². The Morgan fingerprint density at radius 1 is 1.02 bits per heavy atom. The maximum absolute atomic E-state index is 13.8. The predicted molar refractivity (Wildman–Crippen MR) is 165 cm³/mol. The summed E-state index contributed by atoms with van der Waals surface area (Å²) in [6.45, 7) is 6.09. The molecule has 1 fully saturated rings. The molecule has 4 atom stereocenters. The van der Waals surface area contributed by atoms with E-state index in [1.165, 1.54) is 16.7 Å². The molecule has 3 aromatic carbocycles. The van der Waals surface area contributed by atoms with E-state index in [0.717, 1.165) is 16.7 Å². The van der Waals surface area contributed by atoms with E-state index in [1.54, 1.807) is 24.3 Å². The molecule has 222 valence electrons. The van der Waals surface area contributed by atoms with Gasteiger partial charge in [0.1, 0.15) is 6.04 Å². The van der Waals surface area contributed by atoms with E-state index < -0.39 is 40.5 Å². The number of carbonyl (C=O) groups is 3. The molecule has 0 radical (unpaired) electrons. The Morgan fingerprint density at radius 2 is 1.64 bits per heavy atom. The molecule has 0 spiro atoms. The van der Waals surface area contributed by atoms with Crippen molar-refractivity contribution in [1.82, 2.24) is 15.5 Å². The number of amides is 3. The number of nitrogens with zero attached hydrogens (tertiary/aromatic N) is 1. The molecule has 0 saturated carbocycles. The molecule has 10 heteroatoms. The van der Waals surface area contributed by atoms with Gasteiger partial charge in [-0.2, -0.15) is 0 Å². The summed E-state index contributed by atoms with van der Waals surface area (Å²) in [7, 11) is 0. The summed E-state index contributed by atoms with van der Waals surface area (Å²) < 4.78 is 4.74. The molecule has 8 nitrogen and oxygen atoms in total. The monoisotopic (exact) mass is 609 g/mol. The molecule has 3 aromatic rings. The second-order valence-electron chi connectivity index (χ2n) is 10.7. The van der Waals surface area contributed by atoms with Crippen LogP contribution in [-0.4, -0.2) is 56.7 Å². The van der Waals surface area contributed by atoms with Crippen molar-refractivity contribution < 1.29 is 24.2 Å². The highest BCUT2D eigenvalue weighted by atomic mass is 35.5. The molecule has 0 aliphatic carbocycles. The summed E-state index contributed by atoms with van der Waals surface area (Å²) in [5.74, 6) is -0.754. The van der Waals surface area contributed by atoms with E-state index in [0.29, 0.717) is 12.1 Å². The third-order valence-electron chi connectivity index (χ3n) is 7.30. The Hall–Kier alpha value is -3.53. The molecular formula is C32H36ClN3O5S. The van der Waals surface area contributed by atoms with Crippen LogP contribution < -0.4 is 10.6 Å². The van der Waals surface area contributed by atoms with Gasteiger partial charge in [-0.25, -0.2) is 4.79 Å². The van der Waals surface area contributed by atoms with Crippen LogP contribution in [0.4, 0.5) is 4.79 Å². The first kappa shape index (κ1) is 31.4. The Bertz CT molecular complexity index is 1370. The topological polar surface area (TPSA) is 108 Å². The lowest BCUT2D eigenvalue weighted by molar-refractivity contribution is -0.147. The third-order valence-corrected chi connectivity index (χ3v) is 9.02. The Kier molecular flexibility index (Phi) is 10.5. The van der Waals surface area contributed by atoms with E-state index in [9.17, 15) is 19.5 Å². The van der Waals surface area contributed by atoms with Gasteiger partial charge in [0, 0.05) is 16.9 Å². The van der Waals surface area contributed by atoms with Crippen LogP contribution in [0.2, 0.25) is 0 Å². The predicted octanol–water partition coefficient (Wildman–Crippen LogP) is 4.93. The average Bonchev–Trinajstić information content (AvgIpc) is 3.31. The fraction of sp³-hybridized carbons (Fsp3) is 0.344. The molecule has 0 aromatic heterocycles. The quantitative estimate of drug-likeness (QED) is 0.282. The summed E-state index contributed by atoms with van der Waals surface area (Å²) in [5, 5.41) is 17.0. The molecule has 1 saturated heterocycles. The van der Waals surface area contributed by atoms with Gasteiger partial charge < -0.3 is 25.4 Å². The minimum atomic E-state index is -1.65. The first-order chi connectivity index (χ1) is 20.1. The second-order valence-corrected chi connectivity index (χ2v) is 12.7. The number of ether oxygens (including phenoxy) is 1. The first-order valence-corrected chi connectivity index (χ1v) is 15.1. The van der Waals surface area contributed by atoms with E-state index in [1.807, 2.05) is 81.4 Å². The lowest BCUT2D eigenvalue weighted by atomic mass is 9.97. The van der Waals surface area contributed by atoms with Crippen molar-refractivity contribution in [3.63, 3.8) is 0 Å². The number of hydrogen-bond donors (Lipinski definition) is 3. The number of rotatable bonds is 10. The molecule has 1 aliphatic heterocycles. The van der Waals surface area contributed by atoms with Crippen LogP contribution in [0, 0.1) is 6.92 Å². The number of alkyl carbamates (subject to hydrolysis) is 1. The molecule has 3 amide bonds. The average molecular weight is 610 g/mol. The summed E-state index contributed by atoms with van der Waals surface area (Å²) in [4.78, 5) is 41.5. The molecule has 42 heavy (non-hydrogen) atoms. The highest BCUT2D eigenvalue weighted by molar-refractivity contribution is 8.00. The molecule has 4 unspecified atom stereocenters. The van der Waals surface area contributed by atoms with Gasteiger partial charge in [-0.1, -0.05) is 96.5 Å². The maximum atomic E-state index is 13.8. The summed E-state index contributed by atoms with van der Waals surface area (Å²) in [6.07, 6.45) is -2.38. The van der Waals surface area contributed by atoms with E-state index in [4.69, 9.17) is 16.3 Å². The van der Waals surface area contributed by atoms with Crippen molar-refractivity contribution in [2.24, 2.45) is 0 Å². The van der Waals surface area contributed by atoms with E-state index >= 15 is 0 Å². The standard InChI is InChI=1S/C32H36ClN3O5S/c1-21-12-10-11-17-24(21)19-34-29(38)27-32(2,3)42-20-36(27)30(39)26(37)25(18-22-13-6-4-7-14-22)35-31(40)41-28(33)23-15-8-5-9-16-23/h4-17,25-28,37H,18-20H2,1-3H3,(H,34,38)(H,35,40). The first-order valence-electron chi connectivity index (χ1n) is 13.7. The number of alkyl halides is 1.